The Morgan fingerprint density at radius 3 is 1.46 bits per heavy atom. The van der Waals surface area contributed by atoms with Crippen molar-refractivity contribution in [2.45, 2.75) is 25.7 Å². The standard InChI is InChI=1S/C64H42F2N4/c65-42-29-30-49-52-32-31-50-47-24-9-11-27-56(47)69(62(50)61(52)67(58(49)37-42)43-19-3-1-4-20-43)45-23-13-18-40(35-45)46-26-14-17-39-15-7-8-16-41-36-54-53-34-33-51-48-25-10-12-28-57(48)70(60(39)46)64(51)63(53)68(59(54)38-55(41)66)44-21-5-2-6-22-44/h1-6,9-14,17-38H,7-8,15-16H2. The zero-order valence-electron chi connectivity index (χ0n) is 38.0. The Labute approximate surface area is 401 Å². The zero-order chi connectivity index (χ0) is 46.2. The minimum absolute atomic E-state index is 0.150. The third-order valence-electron chi connectivity index (χ3n) is 15.2. The van der Waals surface area contributed by atoms with Crippen LogP contribution < -0.4 is 0 Å². The summed E-state index contributed by atoms with van der Waals surface area (Å²) in [5, 5.41) is 8.82. The Bertz CT molecular complexity index is 4490. The molecule has 1 aliphatic rings. The zero-order valence-corrected chi connectivity index (χ0v) is 38.0. The first-order chi connectivity index (χ1) is 34.6. The topological polar surface area (TPSA) is 19.7 Å². The largest absolute Gasteiger partial charge is 0.307 e. The average molecular weight is 905 g/mol. The number of rotatable bonds is 4. The van der Waals surface area contributed by atoms with Crippen LogP contribution in [0.15, 0.2) is 206 Å². The summed E-state index contributed by atoms with van der Waals surface area (Å²) in [6, 6.07) is 72.0. The Morgan fingerprint density at radius 1 is 0.314 bits per heavy atom. The highest BCUT2D eigenvalue weighted by molar-refractivity contribution is 6.25. The fourth-order valence-electron chi connectivity index (χ4n) is 12.3. The van der Waals surface area contributed by atoms with Crippen LogP contribution in [0, 0.1) is 11.6 Å². The van der Waals surface area contributed by atoms with Gasteiger partial charge in [0, 0.05) is 65.7 Å². The van der Waals surface area contributed by atoms with Crippen LogP contribution in [-0.4, -0.2) is 18.3 Å². The summed E-state index contributed by atoms with van der Waals surface area (Å²) in [6.07, 6.45) is 3.26. The van der Waals surface area contributed by atoms with E-state index in [1.165, 1.54) is 10.9 Å². The van der Waals surface area contributed by atoms with Crippen LogP contribution in [0.2, 0.25) is 0 Å². The van der Waals surface area contributed by atoms with E-state index in [9.17, 15) is 0 Å². The lowest BCUT2D eigenvalue weighted by molar-refractivity contribution is 0.601. The number of fused-ring (bicyclic) bond motifs is 13. The summed E-state index contributed by atoms with van der Waals surface area (Å²) >= 11 is 0. The first kappa shape index (κ1) is 39.3. The Balaban J connectivity index is 1.06. The Kier molecular flexibility index (Phi) is 8.35. The summed E-state index contributed by atoms with van der Waals surface area (Å²) < 4.78 is 41.1. The van der Waals surface area contributed by atoms with Gasteiger partial charge in [-0.05, 0) is 121 Å². The molecule has 5 bridgehead atoms. The second-order valence-corrected chi connectivity index (χ2v) is 19.0. The summed E-state index contributed by atoms with van der Waals surface area (Å²) in [7, 11) is 0. The number of nitrogens with zero attached hydrogens (tertiary/aromatic N) is 4. The van der Waals surface area contributed by atoms with Gasteiger partial charge in [-0.1, -0.05) is 127 Å². The van der Waals surface area contributed by atoms with Gasteiger partial charge in [-0.15, -0.1) is 0 Å². The van der Waals surface area contributed by atoms with E-state index in [4.69, 9.17) is 0 Å². The van der Waals surface area contributed by atoms with Gasteiger partial charge in [0.05, 0.1) is 49.8 Å². The van der Waals surface area contributed by atoms with Crippen LogP contribution in [0.1, 0.15) is 24.0 Å². The molecule has 6 heteroatoms. The van der Waals surface area contributed by atoms with E-state index in [0.717, 1.165) is 141 Å². The molecule has 15 rings (SSSR count). The van der Waals surface area contributed by atoms with Crippen molar-refractivity contribution in [3.63, 3.8) is 0 Å². The summed E-state index contributed by atoms with van der Waals surface area (Å²) in [5.41, 5.74) is 16.5. The van der Waals surface area contributed by atoms with Crippen molar-refractivity contribution in [3.8, 4) is 33.9 Å². The second-order valence-electron chi connectivity index (χ2n) is 19.0. The Hall–Kier alpha value is -8.74. The van der Waals surface area contributed by atoms with E-state index in [-0.39, 0.29) is 11.6 Å². The number of hydrogen-bond donors (Lipinski definition) is 0. The summed E-state index contributed by atoms with van der Waals surface area (Å²) in [4.78, 5) is 0. The SMILES string of the molecule is Fc1ccc2c3ccc4c5ccccc5n(-c5cccc(-c6cccc7c6-n6c8ccccc8c8ccc9c%10cc(c(F)cc%10n(-c%10ccccc%10)c9c86)CCCC7)c5)c4c3n(-c3ccccc3)c2c1. The molecule has 0 spiro atoms. The van der Waals surface area contributed by atoms with Gasteiger partial charge >= 0.3 is 0 Å². The van der Waals surface area contributed by atoms with E-state index >= 15 is 8.78 Å². The van der Waals surface area contributed by atoms with Gasteiger partial charge in [0.25, 0.3) is 0 Å². The molecule has 0 fully saturated rings. The number of aromatic nitrogens is 4. The minimum Gasteiger partial charge on any atom is -0.307 e. The normalized spacial score (nSPS) is 13.1. The molecule has 0 radical (unpaired) electrons. The van der Waals surface area contributed by atoms with E-state index < -0.39 is 0 Å². The monoisotopic (exact) mass is 904 g/mol. The fraction of sp³-hybridized carbons (Fsp3) is 0.0625. The smallest absolute Gasteiger partial charge is 0.128 e. The first-order valence-electron chi connectivity index (χ1n) is 24.3. The van der Waals surface area contributed by atoms with Crippen molar-refractivity contribution < 1.29 is 8.78 Å². The lowest BCUT2D eigenvalue weighted by Gasteiger charge is -2.21. The molecule has 5 heterocycles. The van der Waals surface area contributed by atoms with Crippen molar-refractivity contribution in [3.05, 3.63) is 229 Å². The predicted molar refractivity (Wildman–Crippen MR) is 286 cm³/mol. The van der Waals surface area contributed by atoms with Crippen molar-refractivity contribution >= 4 is 87.2 Å². The lowest BCUT2D eigenvalue weighted by Crippen LogP contribution is -2.05. The summed E-state index contributed by atoms with van der Waals surface area (Å²) in [6.45, 7) is 0. The lowest BCUT2D eigenvalue weighted by atomic mass is 9.95. The molecular weight excluding hydrogens is 863 g/mol. The molecule has 0 N–H and O–H groups in total. The van der Waals surface area contributed by atoms with E-state index in [1.807, 2.05) is 30.3 Å². The van der Waals surface area contributed by atoms with Gasteiger partial charge in [-0.3, -0.25) is 0 Å². The summed E-state index contributed by atoms with van der Waals surface area (Å²) in [5.74, 6) is -0.417. The van der Waals surface area contributed by atoms with Crippen LogP contribution in [0.3, 0.4) is 0 Å². The Morgan fingerprint density at radius 2 is 0.800 bits per heavy atom. The quantitative estimate of drug-likeness (QED) is 0.168. The highest BCUT2D eigenvalue weighted by atomic mass is 19.1. The molecule has 4 nitrogen and oxygen atoms in total. The third kappa shape index (κ3) is 5.50. The maximum atomic E-state index is 16.3. The van der Waals surface area contributed by atoms with Crippen molar-refractivity contribution in [2.75, 3.05) is 0 Å². The number of para-hydroxylation sites is 5. The molecule has 0 unspecified atom stereocenters. The molecule has 0 aliphatic carbocycles. The van der Waals surface area contributed by atoms with E-state index in [0.29, 0.717) is 6.42 Å². The first-order valence-corrected chi connectivity index (χ1v) is 24.3. The van der Waals surface area contributed by atoms with Gasteiger partial charge in [0.2, 0.25) is 0 Å². The maximum absolute atomic E-state index is 16.3. The molecule has 70 heavy (non-hydrogen) atoms. The fourth-order valence-corrected chi connectivity index (χ4v) is 12.3. The van der Waals surface area contributed by atoms with Crippen LogP contribution in [0.5, 0.6) is 0 Å². The number of hydrogen-bond acceptors (Lipinski definition) is 0. The van der Waals surface area contributed by atoms with Gasteiger partial charge in [-0.2, -0.15) is 0 Å². The van der Waals surface area contributed by atoms with Crippen molar-refractivity contribution in [1.29, 1.82) is 0 Å². The molecule has 1 aliphatic heterocycles. The average Bonchev–Trinajstić information content (AvgIpc) is 4.12. The molecule has 0 amide bonds. The molecule has 10 aromatic carbocycles. The molecular formula is C64H42F2N4. The molecule has 14 aromatic rings. The van der Waals surface area contributed by atoms with Crippen molar-refractivity contribution in [1.82, 2.24) is 18.3 Å². The highest BCUT2D eigenvalue weighted by Crippen LogP contribution is 2.47. The van der Waals surface area contributed by atoms with Crippen LogP contribution >= 0.6 is 0 Å². The van der Waals surface area contributed by atoms with Gasteiger partial charge < -0.3 is 18.3 Å². The van der Waals surface area contributed by atoms with Gasteiger partial charge in [-0.25, -0.2) is 8.78 Å². The van der Waals surface area contributed by atoms with E-state index in [2.05, 4.69) is 176 Å². The number of aryl methyl sites for hydroxylation is 2. The van der Waals surface area contributed by atoms with Gasteiger partial charge in [0.1, 0.15) is 11.6 Å². The molecule has 0 saturated heterocycles. The van der Waals surface area contributed by atoms with Crippen LogP contribution in [0.4, 0.5) is 8.78 Å². The molecule has 332 valence electrons. The molecule has 0 saturated carbocycles. The number of halogens is 2. The maximum Gasteiger partial charge on any atom is 0.128 e. The molecule has 4 aromatic heterocycles. The predicted octanol–water partition coefficient (Wildman–Crippen LogP) is 16.9. The third-order valence-corrected chi connectivity index (χ3v) is 15.2. The van der Waals surface area contributed by atoms with Crippen LogP contribution in [0.25, 0.3) is 121 Å². The number of benzene rings is 10. The van der Waals surface area contributed by atoms with Gasteiger partial charge in [0.15, 0.2) is 0 Å². The van der Waals surface area contributed by atoms with Crippen molar-refractivity contribution in [2.24, 2.45) is 0 Å². The molecule has 0 atom stereocenters. The highest BCUT2D eigenvalue weighted by Gasteiger charge is 2.27. The second kappa shape index (κ2) is 14.9. The van der Waals surface area contributed by atoms with Crippen LogP contribution in [-0.2, 0) is 12.8 Å². The minimum atomic E-state index is -0.267. The van der Waals surface area contributed by atoms with E-state index in [1.54, 1.807) is 18.2 Å².